The van der Waals surface area contributed by atoms with Crippen molar-refractivity contribution in [3.63, 3.8) is 0 Å². The lowest BCUT2D eigenvalue weighted by atomic mass is 10.0. The third-order valence-electron chi connectivity index (χ3n) is 5.40. The molecule has 1 unspecified atom stereocenters. The number of benzene rings is 2. The first-order chi connectivity index (χ1) is 13.8. The fourth-order valence-electron chi connectivity index (χ4n) is 3.69. The first-order valence-corrected chi connectivity index (χ1v) is 10.8. The Morgan fingerprint density at radius 3 is 2.29 bits per heavy atom. The van der Waals surface area contributed by atoms with Gasteiger partial charge in [0.05, 0.1) is 17.2 Å². The highest BCUT2D eigenvalue weighted by molar-refractivity contribution is 7.09. The van der Waals surface area contributed by atoms with Gasteiger partial charge in [0.25, 0.3) is 0 Å². The van der Waals surface area contributed by atoms with Gasteiger partial charge in [-0.05, 0) is 24.6 Å². The van der Waals surface area contributed by atoms with Crippen LogP contribution in [0, 0.1) is 6.92 Å². The maximum Gasteiger partial charge on any atom is 0.119 e. The molecule has 1 aliphatic rings. The maximum absolute atomic E-state index is 6.14. The van der Waals surface area contributed by atoms with Crippen LogP contribution in [0.4, 0.5) is 0 Å². The first kappa shape index (κ1) is 19.1. The summed E-state index contributed by atoms with van der Waals surface area (Å²) in [5, 5.41) is 0. The number of aromatic nitrogens is 1. The largest absolute Gasteiger partial charge is 0.492 e. The molecule has 2 heterocycles. The number of thiazole rings is 1. The summed E-state index contributed by atoms with van der Waals surface area (Å²) in [5.41, 5.74) is 4.45. The van der Waals surface area contributed by atoms with E-state index in [9.17, 15) is 0 Å². The molecule has 1 aromatic heterocycles. The third kappa shape index (κ3) is 4.79. The number of nitrogens with zero attached hydrogens (tertiary/aromatic N) is 3. The Labute approximate surface area is 171 Å². The standard InChI is InChI=1S/C23H27N3OS/c1-19-23(28-18-24-19)16-25-12-14-26(15-13-25)22(20-8-4-2-5-9-20)17-27-21-10-6-3-7-11-21/h2-11,18,22H,12-17H2,1H3. The average molecular weight is 394 g/mol. The van der Waals surface area contributed by atoms with Crippen molar-refractivity contribution in [2.75, 3.05) is 32.8 Å². The number of para-hydroxylation sites is 1. The van der Waals surface area contributed by atoms with Crippen LogP contribution in [0.3, 0.4) is 0 Å². The minimum absolute atomic E-state index is 0.272. The van der Waals surface area contributed by atoms with Gasteiger partial charge in [0.15, 0.2) is 0 Å². The zero-order valence-electron chi connectivity index (χ0n) is 16.3. The molecule has 0 saturated carbocycles. The molecule has 0 radical (unpaired) electrons. The molecule has 0 aliphatic carbocycles. The van der Waals surface area contributed by atoms with Crippen LogP contribution < -0.4 is 4.74 Å². The molecule has 0 spiro atoms. The molecule has 0 amide bonds. The van der Waals surface area contributed by atoms with E-state index in [2.05, 4.69) is 52.0 Å². The molecule has 4 nitrogen and oxygen atoms in total. The van der Waals surface area contributed by atoms with Crippen molar-refractivity contribution < 1.29 is 4.74 Å². The maximum atomic E-state index is 6.14. The number of rotatable bonds is 7. The number of hydrogen-bond donors (Lipinski definition) is 0. The molecule has 3 aromatic rings. The zero-order valence-corrected chi connectivity index (χ0v) is 17.1. The molecule has 0 N–H and O–H groups in total. The minimum Gasteiger partial charge on any atom is -0.492 e. The molecule has 1 atom stereocenters. The van der Waals surface area contributed by atoms with Crippen molar-refractivity contribution in [3.05, 3.63) is 82.3 Å². The predicted octanol–water partition coefficient (Wildman–Crippen LogP) is 4.39. The Morgan fingerprint density at radius 1 is 0.964 bits per heavy atom. The Kier molecular flexibility index (Phi) is 6.37. The third-order valence-corrected chi connectivity index (χ3v) is 6.31. The van der Waals surface area contributed by atoms with E-state index in [4.69, 9.17) is 4.74 Å². The van der Waals surface area contributed by atoms with Gasteiger partial charge in [-0.15, -0.1) is 11.3 Å². The van der Waals surface area contributed by atoms with Crippen LogP contribution >= 0.6 is 11.3 Å². The molecular weight excluding hydrogens is 366 g/mol. The van der Waals surface area contributed by atoms with Gasteiger partial charge in [-0.2, -0.15) is 0 Å². The number of ether oxygens (including phenoxy) is 1. The van der Waals surface area contributed by atoms with Crippen molar-refractivity contribution in [1.82, 2.24) is 14.8 Å². The van der Waals surface area contributed by atoms with Gasteiger partial charge >= 0.3 is 0 Å². The number of hydrogen-bond acceptors (Lipinski definition) is 5. The Balaban J connectivity index is 1.40. The first-order valence-electron chi connectivity index (χ1n) is 9.88. The summed E-state index contributed by atoms with van der Waals surface area (Å²) in [7, 11) is 0. The summed E-state index contributed by atoms with van der Waals surface area (Å²) in [6.45, 7) is 8.04. The van der Waals surface area contributed by atoms with E-state index < -0.39 is 0 Å². The van der Waals surface area contributed by atoms with Crippen LogP contribution in [0.15, 0.2) is 66.2 Å². The van der Waals surface area contributed by atoms with Crippen LogP contribution in [0.1, 0.15) is 22.2 Å². The van der Waals surface area contributed by atoms with E-state index >= 15 is 0 Å². The van der Waals surface area contributed by atoms with Gasteiger partial charge in [0.1, 0.15) is 12.4 Å². The quantitative estimate of drug-likeness (QED) is 0.595. The molecule has 4 rings (SSSR count). The molecule has 5 heteroatoms. The van der Waals surface area contributed by atoms with E-state index in [1.807, 2.05) is 35.8 Å². The van der Waals surface area contributed by atoms with Crippen LogP contribution in [0.5, 0.6) is 5.75 Å². The Hall–Kier alpha value is -2.21. The van der Waals surface area contributed by atoms with Gasteiger partial charge in [-0.25, -0.2) is 4.98 Å². The average Bonchev–Trinajstić information content (AvgIpc) is 3.15. The molecule has 1 fully saturated rings. The van der Waals surface area contributed by atoms with E-state index in [0.717, 1.165) is 38.5 Å². The van der Waals surface area contributed by atoms with Crippen molar-refractivity contribution in [2.24, 2.45) is 0 Å². The van der Waals surface area contributed by atoms with Crippen LogP contribution in [0.2, 0.25) is 0 Å². The molecule has 0 bridgehead atoms. The minimum atomic E-state index is 0.272. The normalized spacial score (nSPS) is 16.8. The second-order valence-electron chi connectivity index (χ2n) is 7.22. The summed E-state index contributed by atoms with van der Waals surface area (Å²) < 4.78 is 6.14. The van der Waals surface area contributed by atoms with Gasteiger partial charge < -0.3 is 4.74 Å². The molecule has 2 aromatic carbocycles. The fourth-order valence-corrected chi connectivity index (χ4v) is 4.51. The Bertz CT molecular complexity index is 845. The fraction of sp³-hybridized carbons (Fsp3) is 0.348. The lowest BCUT2D eigenvalue weighted by molar-refractivity contribution is 0.0681. The lowest BCUT2D eigenvalue weighted by Crippen LogP contribution is -2.48. The lowest BCUT2D eigenvalue weighted by Gasteiger charge is -2.39. The van der Waals surface area contributed by atoms with E-state index in [-0.39, 0.29) is 6.04 Å². The topological polar surface area (TPSA) is 28.6 Å². The van der Waals surface area contributed by atoms with Crippen LogP contribution in [0.25, 0.3) is 0 Å². The Morgan fingerprint density at radius 2 is 1.64 bits per heavy atom. The van der Waals surface area contributed by atoms with Gasteiger partial charge in [0.2, 0.25) is 0 Å². The van der Waals surface area contributed by atoms with Gasteiger partial charge in [-0.1, -0.05) is 48.5 Å². The monoisotopic (exact) mass is 393 g/mol. The number of piperazine rings is 1. The SMILES string of the molecule is Cc1ncsc1CN1CCN(C(COc2ccccc2)c2ccccc2)CC1. The van der Waals surface area contributed by atoms with E-state index in [1.165, 1.54) is 16.1 Å². The molecule has 1 aliphatic heterocycles. The molecule has 28 heavy (non-hydrogen) atoms. The highest BCUT2D eigenvalue weighted by Gasteiger charge is 2.26. The second-order valence-corrected chi connectivity index (χ2v) is 8.16. The van der Waals surface area contributed by atoms with Crippen LogP contribution in [-0.2, 0) is 6.54 Å². The highest BCUT2D eigenvalue weighted by atomic mass is 32.1. The molecular formula is C23H27N3OS. The van der Waals surface area contributed by atoms with Gasteiger partial charge in [0, 0.05) is 37.6 Å². The zero-order chi connectivity index (χ0) is 19.2. The summed E-state index contributed by atoms with van der Waals surface area (Å²) in [6, 6.07) is 21.1. The highest BCUT2D eigenvalue weighted by Crippen LogP contribution is 2.25. The second kappa shape index (κ2) is 9.32. The van der Waals surface area contributed by atoms with Crippen molar-refractivity contribution in [3.8, 4) is 5.75 Å². The summed E-state index contributed by atoms with van der Waals surface area (Å²) >= 11 is 1.77. The van der Waals surface area contributed by atoms with E-state index in [1.54, 1.807) is 11.3 Å². The van der Waals surface area contributed by atoms with Crippen LogP contribution in [-0.4, -0.2) is 47.6 Å². The van der Waals surface area contributed by atoms with Crippen molar-refractivity contribution in [1.29, 1.82) is 0 Å². The molecule has 1 saturated heterocycles. The predicted molar refractivity (Wildman–Crippen MR) is 115 cm³/mol. The summed E-state index contributed by atoms with van der Waals surface area (Å²) in [6.07, 6.45) is 0. The van der Waals surface area contributed by atoms with Crippen molar-refractivity contribution in [2.45, 2.75) is 19.5 Å². The van der Waals surface area contributed by atoms with Crippen molar-refractivity contribution >= 4 is 11.3 Å². The van der Waals surface area contributed by atoms with E-state index in [0.29, 0.717) is 6.61 Å². The smallest absolute Gasteiger partial charge is 0.119 e. The number of aryl methyl sites for hydroxylation is 1. The summed E-state index contributed by atoms with van der Waals surface area (Å²) in [5.74, 6) is 0.933. The summed E-state index contributed by atoms with van der Waals surface area (Å²) in [4.78, 5) is 10.9. The van der Waals surface area contributed by atoms with Gasteiger partial charge in [-0.3, -0.25) is 9.80 Å². The molecule has 146 valence electrons.